The first-order valence-corrected chi connectivity index (χ1v) is 12.2. The summed E-state index contributed by atoms with van der Waals surface area (Å²) in [4.78, 5) is 25.3. The molecule has 0 fully saturated rings. The van der Waals surface area contributed by atoms with Crippen LogP contribution in [0.2, 0.25) is 5.02 Å². The first-order chi connectivity index (χ1) is 16.2. The van der Waals surface area contributed by atoms with E-state index >= 15 is 0 Å². The Hall–Kier alpha value is -3.10. The van der Waals surface area contributed by atoms with Crippen molar-refractivity contribution < 1.29 is 9.59 Å². The zero-order valence-electron chi connectivity index (χ0n) is 19.7. The zero-order valence-corrected chi connectivity index (χ0v) is 21.3. The van der Waals surface area contributed by atoms with Crippen molar-refractivity contribution in [1.29, 1.82) is 0 Å². The molecule has 2 aromatic carbocycles. The Bertz CT molecular complexity index is 1200. The molecule has 1 atom stereocenters. The minimum absolute atomic E-state index is 0.128. The van der Waals surface area contributed by atoms with Crippen molar-refractivity contribution in [2.45, 2.75) is 45.4 Å². The standard InChI is InChI=1S/C25H28ClN5O2S/c1-6-10-31-23(18(5)27-24(33)19-8-7-9-20(26)13-19)29-30-25(31)34-14-21(32)28-22-16(3)11-15(2)12-17(22)4/h6-9,11-13,18H,1,10,14H2,2-5H3,(H,27,33)(H,28,32). The van der Waals surface area contributed by atoms with E-state index in [2.05, 4.69) is 27.4 Å². The molecule has 7 nitrogen and oxygen atoms in total. The molecule has 3 rings (SSSR count). The van der Waals surface area contributed by atoms with E-state index < -0.39 is 6.04 Å². The lowest BCUT2D eigenvalue weighted by molar-refractivity contribution is -0.113. The number of allylic oxidation sites excluding steroid dienone is 1. The van der Waals surface area contributed by atoms with E-state index in [9.17, 15) is 9.59 Å². The van der Waals surface area contributed by atoms with Gasteiger partial charge in [-0.1, -0.05) is 53.2 Å². The molecule has 0 aliphatic carbocycles. The van der Waals surface area contributed by atoms with Gasteiger partial charge in [0.15, 0.2) is 11.0 Å². The fourth-order valence-electron chi connectivity index (χ4n) is 3.68. The Morgan fingerprint density at radius 1 is 1.18 bits per heavy atom. The van der Waals surface area contributed by atoms with E-state index in [1.54, 1.807) is 30.3 Å². The first-order valence-electron chi connectivity index (χ1n) is 10.8. The van der Waals surface area contributed by atoms with Crippen molar-refractivity contribution >= 4 is 40.9 Å². The highest BCUT2D eigenvalue weighted by Gasteiger charge is 2.21. The van der Waals surface area contributed by atoms with Crippen molar-refractivity contribution in [3.8, 4) is 0 Å². The molecule has 1 heterocycles. The monoisotopic (exact) mass is 497 g/mol. The van der Waals surface area contributed by atoms with E-state index in [-0.39, 0.29) is 17.6 Å². The Kier molecular flexibility index (Phi) is 8.52. The SMILES string of the molecule is C=CCn1c(SCC(=O)Nc2c(C)cc(C)cc2C)nnc1C(C)NC(=O)c1cccc(Cl)c1. The molecule has 1 aromatic heterocycles. The number of carbonyl (C=O) groups excluding carboxylic acids is 2. The van der Waals surface area contributed by atoms with Gasteiger partial charge in [-0.2, -0.15) is 0 Å². The van der Waals surface area contributed by atoms with Gasteiger partial charge in [0.25, 0.3) is 5.91 Å². The molecule has 3 aromatic rings. The molecule has 2 amide bonds. The number of aryl methyl sites for hydroxylation is 3. The minimum atomic E-state index is -0.417. The number of nitrogens with zero attached hydrogens (tertiary/aromatic N) is 3. The molecular weight excluding hydrogens is 470 g/mol. The van der Waals surface area contributed by atoms with E-state index in [1.165, 1.54) is 11.8 Å². The predicted molar refractivity (Wildman–Crippen MR) is 138 cm³/mol. The summed E-state index contributed by atoms with van der Waals surface area (Å²) in [6.07, 6.45) is 1.72. The van der Waals surface area contributed by atoms with Crippen LogP contribution in [0, 0.1) is 20.8 Å². The molecule has 34 heavy (non-hydrogen) atoms. The smallest absolute Gasteiger partial charge is 0.251 e. The third-order valence-electron chi connectivity index (χ3n) is 5.15. The maximum Gasteiger partial charge on any atom is 0.251 e. The van der Waals surface area contributed by atoms with Gasteiger partial charge in [-0.3, -0.25) is 9.59 Å². The summed E-state index contributed by atoms with van der Waals surface area (Å²) in [6, 6.07) is 10.4. The molecular formula is C25H28ClN5O2S. The summed E-state index contributed by atoms with van der Waals surface area (Å²) >= 11 is 7.28. The number of anilines is 1. The van der Waals surface area contributed by atoms with Gasteiger partial charge in [-0.25, -0.2) is 0 Å². The topological polar surface area (TPSA) is 88.9 Å². The average molecular weight is 498 g/mol. The third kappa shape index (κ3) is 6.27. The molecule has 9 heteroatoms. The third-order valence-corrected chi connectivity index (χ3v) is 6.35. The highest BCUT2D eigenvalue weighted by Crippen LogP contribution is 2.24. The van der Waals surface area contributed by atoms with Gasteiger partial charge in [-0.05, 0) is 57.0 Å². The molecule has 0 aliphatic heterocycles. The van der Waals surface area contributed by atoms with Gasteiger partial charge in [0, 0.05) is 22.8 Å². The van der Waals surface area contributed by atoms with E-state index in [1.807, 2.05) is 44.4 Å². The van der Waals surface area contributed by atoms with Crippen LogP contribution in [0.25, 0.3) is 0 Å². The molecule has 1 unspecified atom stereocenters. The Morgan fingerprint density at radius 3 is 2.53 bits per heavy atom. The van der Waals surface area contributed by atoms with E-state index in [4.69, 9.17) is 11.6 Å². The van der Waals surface area contributed by atoms with Crippen LogP contribution in [0.15, 0.2) is 54.2 Å². The number of aromatic nitrogens is 3. The number of thioether (sulfide) groups is 1. The summed E-state index contributed by atoms with van der Waals surface area (Å²) in [5.41, 5.74) is 4.50. The number of amides is 2. The second-order valence-electron chi connectivity index (χ2n) is 8.06. The quantitative estimate of drug-likeness (QED) is 0.311. The molecule has 0 bridgehead atoms. The summed E-state index contributed by atoms with van der Waals surface area (Å²) in [5, 5.41) is 15.5. The van der Waals surface area contributed by atoms with Crippen molar-refractivity contribution in [1.82, 2.24) is 20.1 Å². The fourth-order valence-corrected chi connectivity index (χ4v) is 4.63. The van der Waals surface area contributed by atoms with Crippen molar-refractivity contribution in [2.75, 3.05) is 11.1 Å². The Labute approximate surface area is 209 Å². The summed E-state index contributed by atoms with van der Waals surface area (Å²) < 4.78 is 1.84. The van der Waals surface area contributed by atoms with Gasteiger partial charge in [-0.15, -0.1) is 16.8 Å². The number of hydrogen-bond donors (Lipinski definition) is 2. The predicted octanol–water partition coefficient (Wildman–Crippen LogP) is 5.26. The summed E-state index contributed by atoms with van der Waals surface area (Å²) in [7, 11) is 0. The largest absolute Gasteiger partial charge is 0.342 e. The summed E-state index contributed by atoms with van der Waals surface area (Å²) in [5.74, 6) is 0.353. The van der Waals surface area contributed by atoms with Crippen LogP contribution in [-0.4, -0.2) is 32.3 Å². The molecule has 0 saturated heterocycles. The van der Waals surface area contributed by atoms with Crippen LogP contribution in [0.3, 0.4) is 0 Å². The molecule has 0 radical (unpaired) electrons. The van der Waals surface area contributed by atoms with Crippen LogP contribution >= 0.6 is 23.4 Å². The van der Waals surface area contributed by atoms with Crippen LogP contribution in [0.5, 0.6) is 0 Å². The molecule has 0 aliphatic rings. The summed E-state index contributed by atoms with van der Waals surface area (Å²) in [6.45, 7) is 12.1. The number of nitrogens with one attached hydrogen (secondary N) is 2. The number of benzene rings is 2. The second-order valence-corrected chi connectivity index (χ2v) is 9.44. The number of carbonyl (C=O) groups is 2. The number of rotatable bonds is 9. The van der Waals surface area contributed by atoms with Gasteiger partial charge in [0.05, 0.1) is 11.8 Å². The lowest BCUT2D eigenvalue weighted by Crippen LogP contribution is -2.28. The van der Waals surface area contributed by atoms with Crippen molar-refractivity contribution in [2.24, 2.45) is 0 Å². The minimum Gasteiger partial charge on any atom is -0.342 e. The highest BCUT2D eigenvalue weighted by molar-refractivity contribution is 7.99. The molecule has 0 saturated carbocycles. The highest BCUT2D eigenvalue weighted by atomic mass is 35.5. The Morgan fingerprint density at radius 2 is 1.88 bits per heavy atom. The van der Waals surface area contributed by atoms with Crippen LogP contribution in [0.1, 0.15) is 45.8 Å². The second kappa shape index (κ2) is 11.4. The molecule has 2 N–H and O–H groups in total. The fraction of sp³-hybridized carbons (Fsp3) is 0.280. The Balaban J connectivity index is 1.69. The zero-order chi connectivity index (χ0) is 24.8. The maximum atomic E-state index is 12.6. The van der Waals surface area contributed by atoms with E-state index in [0.717, 1.165) is 22.4 Å². The normalized spacial score (nSPS) is 11.7. The van der Waals surface area contributed by atoms with Crippen LogP contribution in [-0.2, 0) is 11.3 Å². The number of hydrogen-bond acceptors (Lipinski definition) is 5. The van der Waals surface area contributed by atoms with Crippen LogP contribution in [0.4, 0.5) is 5.69 Å². The van der Waals surface area contributed by atoms with Gasteiger partial charge in [0.2, 0.25) is 5.91 Å². The maximum absolute atomic E-state index is 12.6. The van der Waals surface area contributed by atoms with Gasteiger partial charge in [0.1, 0.15) is 0 Å². The van der Waals surface area contributed by atoms with Gasteiger partial charge < -0.3 is 15.2 Å². The molecule has 0 spiro atoms. The van der Waals surface area contributed by atoms with Crippen molar-refractivity contribution in [3.05, 3.63) is 82.2 Å². The molecule has 178 valence electrons. The van der Waals surface area contributed by atoms with Crippen molar-refractivity contribution in [3.63, 3.8) is 0 Å². The number of halogens is 1. The average Bonchev–Trinajstić information content (AvgIpc) is 3.17. The lowest BCUT2D eigenvalue weighted by atomic mass is 10.1. The van der Waals surface area contributed by atoms with E-state index in [0.29, 0.717) is 28.1 Å². The first kappa shape index (κ1) is 25.5. The van der Waals surface area contributed by atoms with Gasteiger partial charge >= 0.3 is 0 Å². The lowest BCUT2D eigenvalue weighted by Gasteiger charge is -2.15. The van der Waals surface area contributed by atoms with Crippen LogP contribution < -0.4 is 10.6 Å².